The molecule has 6 heteroatoms. The number of benzene rings is 1. The molecule has 2 N–H and O–H groups in total. The van der Waals surface area contributed by atoms with Crippen LogP contribution in [0.2, 0.25) is 0 Å². The lowest BCUT2D eigenvalue weighted by molar-refractivity contribution is 0.0523. The van der Waals surface area contributed by atoms with Crippen LogP contribution in [-0.4, -0.2) is 23.6 Å². The standard InChI is InChI=1S/C19H27BrN2O3/c1-19(2,3)25-18(24)21-12-13-9-14(11-15(20)10-13)17(23)22-16-7-5-4-6-8-16/h9-11,16H,4-8,12H2,1-3H3,(H,21,24)(H,22,23). The smallest absolute Gasteiger partial charge is 0.407 e. The van der Waals surface area contributed by atoms with E-state index in [0.29, 0.717) is 12.1 Å². The van der Waals surface area contributed by atoms with Crippen LogP contribution in [0.3, 0.4) is 0 Å². The van der Waals surface area contributed by atoms with Crippen molar-refractivity contribution in [2.24, 2.45) is 0 Å². The van der Waals surface area contributed by atoms with Crippen molar-refractivity contribution in [3.8, 4) is 0 Å². The summed E-state index contributed by atoms with van der Waals surface area (Å²) in [5.74, 6) is -0.0632. The van der Waals surface area contributed by atoms with Crippen molar-refractivity contribution < 1.29 is 14.3 Å². The van der Waals surface area contributed by atoms with Gasteiger partial charge in [0.25, 0.3) is 5.91 Å². The van der Waals surface area contributed by atoms with Crippen LogP contribution in [0, 0.1) is 0 Å². The number of nitrogens with one attached hydrogen (secondary N) is 2. The van der Waals surface area contributed by atoms with Gasteiger partial charge in [-0.2, -0.15) is 0 Å². The molecule has 1 aliphatic carbocycles. The molecule has 1 aromatic carbocycles. The highest BCUT2D eigenvalue weighted by atomic mass is 79.9. The molecule has 25 heavy (non-hydrogen) atoms. The molecule has 1 aromatic rings. The summed E-state index contributed by atoms with van der Waals surface area (Å²) in [5.41, 5.74) is 0.904. The van der Waals surface area contributed by atoms with Crippen molar-refractivity contribution >= 4 is 27.9 Å². The lowest BCUT2D eigenvalue weighted by atomic mass is 9.95. The van der Waals surface area contributed by atoms with Gasteiger partial charge in [-0.25, -0.2) is 4.79 Å². The summed E-state index contributed by atoms with van der Waals surface area (Å²) in [6, 6.07) is 5.76. The SMILES string of the molecule is CC(C)(C)OC(=O)NCc1cc(Br)cc(C(=O)NC2CCCCC2)c1. The lowest BCUT2D eigenvalue weighted by Crippen LogP contribution is -2.36. The Hall–Kier alpha value is -1.56. The molecule has 0 saturated heterocycles. The van der Waals surface area contributed by atoms with Crippen molar-refractivity contribution in [3.63, 3.8) is 0 Å². The first-order valence-corrected chi connectivity index (χ1v) is 9.59. The third-order valence-corrected chi connectivity index (χ3v) is 4.45. The fourth-order valence-corrected chi connectivity index (χ4v) is 3.43. The Kier molecular flexibility index (Phi) is 6.87. The van der Waals surface area contributed by atoms with Gasteiger partial charge in [-0.1, -0.05) is 35.2 Å². The Morgan fingerprint density at radius 3 is 2.48 bits per heavy atom. The molecule has 1 saturated carbocycles. The summed E-state index contributed by atoms with van der Waals surface area (Å²) in [6.45, 7) is 5.76. The second kappa shape index (κ2) is 8.70. The summed E-state index contributed by atoms with van der Waals surface area (Å²) in [6.07, 6.45) is 5.23. The molecular weight excluding hydrogens is 384 g/mol. The van der Waals surface area contributed by atoms with Gasteiger partial charge in [-0.15, -0.1) is 0 Å². The van der Waals surface area contributed by atoms with Crippen LogP contribution in [0.5, 0.6) is 0 Å². The summed E-state index contributed by atoms with van der Waals surface area (Å²) >= 11 is 3.44. The fourth-order valence-electron chi connectivity index (χ4n) is 2.89. The monoisotopic (exact) mass is 410 g/mol. The van der Waals surface area contributed by atoms with Gasteiger partial charge in [0, 0.05) is 22.6 Å². The van der Waals surface area contributed by atoms with Crippen LogP contribution in [0.4, 0.5) is 4.79 Å². The van der Waals surface area contributed by atoms with E-state index >= 15 is 0 Å². The van der Waals surface area contributed by atoms with Gasteiger partial charge in [0.15, 0.2) is 0 Å². The number of carbonyl (C=O) groups excluding carboxylic acids is 2. The largest absolute Gasteiger partial charge is 0.444 e. The molecule has 0 radical (unpaired) electrons. The Bertz CT molecular complexity index is 620. The zero-order valence-electron chi connectivity index (χ0n) is 15.2. The highest BCUT2D eigenvalue weighted by molar-refractivity contribution is 9.10. The number of hydrogen-bond acceptors (Lipinski definition) is 3. The normalized spacial score (nSPS) is 15.5. The van der Waals surface area contributed by atoms with Gasteiger partial charge >= 0.3 is 6.09 Å². The molecule has 2 amide bonds. The Morgan fingerprint density at radius 2 is 1.84 bits per heavy atom. The van der Waals surface area contributed by atoms with Gasteiger partial charge in [0.05, 0.1) is 0 Å². The second-order valence-electron chi connectivity index (χ2n) is 7.51. The molecule has 1 aliphatic rings. The average Bonchev–Trinajstić information content (AvgIpc) is 2.52. The van der Waals surface area contributed by atoms with Gasteiger partial charge in [0.2, 0.25) is 0 Å². The number of alkyl carbamates (subject to hydrolysis) is 1. The predicted octanol–water partition coefficient (Wildman–Crippen LogP) is 4.54. The summed E-state index contributed by atoms with van der Waals surface area (Å²) in [4.78, 5) is 24.3. The third-order valence-electron chi connectivity index (χ3n) is 4.00. The zero-order chi connectivity index (χ0) is 18.4. The van der Waals surface area contributed by atoms with Crippen LogP contribution >= 0.6 is 15.9 Å². The quantitative estimate of drug-likeness (QED) is 0.765. The van der Waals surface area contributed by atoms with E-state index < -0.39 is 11.7 Å². The van der Waals surface area contributed by atoms with Crippen molar-refractivity contribution in [1.82, 2.24) is 10.6 Å². The average molecular weight is 411 g/mol. The van der Waals surface area contributed by atoms with Crippen molar-refractivity contribution in [2.75, 3.05) is 0 Å². The number of ether oxygens (including phenoxy) is 1. The predicted molar refractivity (Wildman–Crippen MR) is 102 cm³/mol. The first-order chi connectivity index (χ1) is 11.7. The highest BCUT2D eigenvalue weighted by Gasteiger charge is 2.18. The van der Waals surface area contributed by atoms with Gasteiger partial charge < -0.3 is 15.4 Å². The summed E-state index contributed by atoms with van der Waals surface area (Å²) < 4.78 is 6.04. The summed E-state index contributed by atoms with van der Waals surface area (Å²) in [7, 11) is 0. The first-order valence-electron chi connectivity index (χ1n) is 8.80. The lowest BCUT2D eigenvalue weighted by Gasteiger charge is -2.23. The van der Waals surface area contributed by atoms with E-state index in [4.69, 9.17) is 4.74 Å². The molecule has 5 nitrogen and oxygen atoms in total. The number of carbonyl (C=O) groups is 2. The summed E-state index contributed by atoms with van der Waals surface area (Å²) in [5, 5.41) is 5.83. The van der Waals surface area contributed by atoms with Crippen molar-refractivity contribution in [2.45, 2.75) is 71.1 Å². The maximum absolute atomic E-state index is 12.5. The van der Waals surface area contributed by atoms with Crippen LogP contribution in [0.15, 0.2) is 22.7 Å². The number of amides is 2. The molecule has 0 aromatic heterocycles. The molecule has 2 rings (SSSR count). The molecule has 0 bridgehead atoms. The van der Waals surface area contributed by atoms with Crippen LogP contribution in [0.1, 0.15) is 68.8 Å². The maximum Gasteiger partial charge on any atom is 0.407 e. The number of hydrogen-bond donors (Lipinski definition) is 2. The van der Waals surface area contributed by atoms with E-state index in [9.17, 15) is 9.59 Å². The highest BCUT2D eigenvalue weighted by Crippen LogP contribution is 2.20. The van der Waals surface area contributed by atoms with E-state index in [-0.39, 0.29) is 11.9 Å². The molecule has 0 spiro atoms. The van der Waals surface area contributed by atoms with Crippen LogP contribution < -0.4 is 10.6 Å². The maximum atomic E-state index is 12.5. The van der Waals surface area contributed by atoms with E-state index in [1.165, 1.54) is 19.3 Å². The van der Waals surface area contributed by atoms with Crippen LogP contribution in [-0.2, 0) is 11.3 Å². The molecule has 0 heterocycles. The van der Waals surface area contributed by atoms with E-state index in [1.54, 1.807) is 12.1 Å². The Balaban J connectivity index is 1.96. The van der Waals surface area contributed by atoms with E-state index in [1.807, 2.05) is 26.8 Å². The topological polar surface area (TPSA) is 67.4 Å². The Labute approximate surface area is 158 Å². The first kappa shape index (κ1) is 19.8. The number of rotatable bonds is 4. The second-order valence-corrected chi connectivity index (χ2v) is 8.43. The van der Waals surface area contributed by atoms with Gasteiger partial charge in [0.1, 0.15) is 5.60 Å². The van der Waals surface area contributed by atoms with Crippen molar-refractivity contribution in [3.05, 3.63) is 33.8 Å². The van der Waals surface area contributed by atoms with E-state index in [2.05, 4.69) is 26.6 Å². The molecule has 138 valence electrons. The Morgan fingerprint density at radius 1 is 1.16 bits per heavy atom. The molecule has 1 fully saturated rings. The number of halogens is 1. The van der Waals surface area contributed by atoms with Gasteiger partial charge in [-0.05, 0) is 57.4 Å². The minimum absolute atomic E-state index is 0.0632. The third kappa shape index (κ3) is 7.06. The molecule has 0 atom stereocenters. The van der Waals surface area contributed by atoms with E-state index in [0.717, 1.165) is 22.9 Å². The molecular formula is C19H27BrN2O3. The van der Waals surface area contributed by atoms with Gasteiger partial charge in [-0.3, -0.25) is 4.79 Å². The zero-order valence-corrected chi connectivity index (χ0v) is 16.7. The van der Waals surface area contributed by atoms with Crippen LogP contribution in [0.25, 0.3) is 0 Å². The van der Waals surface area contributed by atoms with Crippen molar-refractivity contribution in [1.29, 1.82) is 0 Å². The molecule has 0 unspecified atom stereocenters. The molecule has 0 aliphatic heterocycles. The fraction of sp³-hybridized carbons (Fsp3) is 0.579. The minimum Gasteiger partial charge on any atom is -0.444 e. The minimum atomic E-state index is -0.535.